The van der Waals surface area contributed by atoms with Gasteiger partial charge in [-0.05, 0) is 66.6 Å². The van der Waals surface area contributed by atoms with E-state index in [1.54, 1.807) is 36.4 Å². The first kappa shape index (κ1) is 17.1. The van der Waals surface area contributed by atoms with Gasteiger partial charge >= 0.3 is 0 Å². The molecule has 1 N–H and O–H groups in total. The first-order chi connectivity index (χ1) is 12.0. The van der Waals surface area contributed by atoms with E-state index in [1.807, 2.05) is 12.1 Å². The molecule has 130 valence electrons. The Kier molecular flexibility index (Phi) is 4.39. The van der Waals surface area contributed by atoms with E-state index in [0.717, 1.165) is 24.8 Å². The van der Waals surface area contributed by atoms with Crippen LogP contribution in [0, 0.1) is 17.8 Å². The third kappa shape index (κ3) is 2.91. The van der Waals surface area contributed by atoms with Crippen molar-refractivity contribution in [2.24, 2.45) is 17.8 Å². The van der Waals surface area contributed by atoms with Crippen molar-refractivity contribution in [3.63, 3.8) is 0 Å². The fourth-order valence-electron chi connectivity index (χ4n) is 4.88. The van der Waals surface area contributed by atoms with E-state index in [1.165, 1.54) is 0 Å². The molecule has 2 aliphatic rings. The molecule has 0 bridgehead atoms. The molecule has 0 aromatic heterocycles. The lowest BCUT2D eigenvalue weighted by atomic mass is 9.75. The molecule has 0 amide bonds. The van der Waals surface area contributed by atoms with Gasteiger partial charge in [-0.15, -0.1) is 0 Å². The van der Waals surface area contributed by atoms with Gasteiger partial charge in [0.2, 0.25) is 0 Å². The van der Waals surface area contributed by atoms with Crippen molar-refractivity contribution >= 4 is 29.0 Å². The summed E-state index contributed by atoms with van der Waals surface area (Å²) in [5.41, 5.74) is 0.282. The van der Waals surface area contributed by atoms with Gasteiger partial charge in [-0.1, -0.05) is 48.2 Å². The number of aliphatic hydroxyl groups is 1. The van der Waals surface area contributed by atoms with E-state index in [-0.39, 0.29) is 11.7 Å². The van der Waals surface area contributed by atoms with Crippen molar-refractivity contribution in [2.45, 2.75) is 31.3 Å². The maximum Gasteiger partial charge on any atom is 0.169 e. The molecule has 0 spiro atoms. The van der Waals surface area contributed by atoms with Gasteiger partial charge in [0.15, 0.2) is 5.78 Å². The molecule has 2 aliphatic carbocycles. The SMILES string of the molecule is O=C(c1ccc(Cl)cc1)[C@H]1C2CCCC2C[C@]1(O)c1ccc(Cl)cc1. The molecule has 2 aromatic rings. The van der Waals surface area contributed by atoms with Gasteiger partial charge < -0.3 is 5.11 Å². The highest BCUT2D eigenvalue weighted by atomic mass is 35.5. The summed E-state index contributed by atoms with van der Waals surface area (Å²) in [5, 5.41) is 12.9. The highest BCUT2D eigenvalue weighted by Gasteiger charge is 2.57. The van der Waals surface area contributed by atoms with Gasteiger partial charge in [0, 0.05) is 15.6 Å². The molecular weight excluding hydrogens is 355 g/mol. The number of halogens is 2. The number of benzene rings is 2. The van der Waals surface area contributed by atoms with Crippen LogP contribution in [-0.2, 0) is 5.60 Å². The average molecular weight is 375 g/mol. The lowest BCUT2D eigenvalue weighted by Gasteiger charge is -2.32. The van der Waals surface area contributed by atoms with Crippen LogP contribution in [0.1, 0.15) is 41.6 Å². The maximum atomic E-state index is 13.3. The van der Waals surface area contributed by atoms with E-state index < -0.39 is 11.5 Å². The van der Waals surface area contributed by atoms with E-state index in [0.29, 0.717) is 27.9 Å². The van der Waals surface area contributed by atoms with Crippen LogP contribution < -0.4 is 0 Å². The molecule has 0 radical (unpaired) electrons. The zero-order valence-electron chi connectivity index (χ0n) is 13.8. The Morgan fingerprint density at radius 2 is 1.56 bits per heavy atom. The highest BCUT2D eigenvalue weighted by molar-refractivity contribution is 6.30. The van der Waals surface area contributed by atoms with Crippen LogP contribution in [-0.4, -0.2) is 10.9 Å². The van der Waals surface area contributed by atoms with E-state index in [9.17, 15) is 9.90 Å². The second-order valence-electron chi connectivity index (χ2n) is 7.34. The van der Waals surface area contributed by atoms with Crippen LogP contribution in [0.2, 0.25) is 10.0 Å². The predicted molar refractivity (Wildman–Crippen MR) is 100 cm³/mol. The Balaban J connectivity index is 1.76. The first-order valence-corrected chi connectivity index (χ1v) is 9.53. The standard InChI is InChI=1S/C21H20Cl2O2/c22-16-8-4-13(5-9-16)20(24)19-18-3-1-2-14(18)12-21(19,25)15-6-10-17(23)11-7-15/h4-11,14,18-19,25H,1-3,12H2/t14?,18?,19-,21+/m1/s1. The molecule has 25 heavy (non-hydrogen) atoms. The van der Waals surface area contributed by atoms with Crippen molar-refractivity contribution in [3.05, 3.63) is 69.7 Å². The first-order valence-electron chi connectivity index (χ1n) is 8.77. The second-order valence-corrected chi connectivity index (χ2v) is 8.21. The quantitative estimate of drug-likeness (QED) is 0.720. The van der Waals surface area contributed by atoms with Crippen LogP contribution in [0.3, 0.4) is 0 Å². The molecule has 0 saturated heterocycles. The van der Waals surface area contributed by atoms with Crippen LogP contribution in [0.15, 0.2) is 48.5 Å². The average Bonchev–Trinajstić information content (AvgIpc) is 3.14. The summed E-state index contributed by atoms with van der Waals surface area (Å²) in [5.74, 6) is 0.247. The molecule has 4 heteroatoms. The molecule has 4 rings (SSSR count). The number of fused-ring (bicyclic) bond motifs is 1. The highest BCUT2D eigenvalue weighted by Crippen LogP contribution is 2.57. The van der Waals surface area contributed by atoms with Crippen molar-refractivity contribution in [1.29, 1.82) is 0 Å². The Bertz CT molecular complexity index is 785. The summed E-state index contributed by atoms with van der Waals surface area (Å²) in [7, 11) is 0. The van der Waals surface area contributed by atoms with Gasteiger partial charge in [-0.3, -0.25) is 4.79 Å². The largest absolute Gasteiger partial charge is 0.384 e. The summed E-state index contributed by atoms with van der Waals surface area (Å²) < 4.78 is 0. The summed E-state index contributed by atoms with van der Waals surface area (Å²) >= 11 is 12.0. The van der Waals surface area contributed by atoms with Crippen LogP contribution in [0.25, 0.3) is 0 Å². The predicted octanol–water partition coefficient (Wildman–Crippen LogP) is 5.50. The van der Waals surface area contributed by atoms with Crippen molar-refractivity contribution in [2.75, 3.05) is 0 Å². The Labute approximate surface area is 157 Å². The minimum absolute atomic E-state index is 0.0171. The molecule has 0 heterocycles. The number of carbonyl (C=O) groups excluding carboxylic acids is 1. The fraction of sp³-hybridized carbons (Fsp3) is 0.381. The molecule has 2 nitrogen and oxygen atoms in total. The maximum absolute atomic E-state index is 13.3. The summed E-state index contributed by atoms with van der Waals surface area (Å²) in [4.78, 5) is 13.3. The Morgan fingerprint density at radius 3 is 2.20 bits per heavy atom. The monoisotopic (exact) mass is 374 g/mol. The molecular formula is C21H20Cl2O2. The lowest BCUT2D eigenvalue weighted by molar-refractivity contribution is -0.00714. The normalized spacial score (nSPS) is 31.1. The van der Waals surface area contributed by atoms with Gasteiger partial charge in [0.05, 0.1) is 5.92 Å². The summed E-state index contributed by atoms with van der Waals surface area (Å²) in [6.45, 7) is 0. The number of hydrogen-bond donors (Lipinski definition) is 1. The smallest absolute Gasteiger partial charge is 0.169 e. The molecule has 2 fully saturated rings. The number of ketones is 1. The van der Waals surface area contributed by atoms with Crippen molar-refractivity contribution in [3.8, 4) is 0 Å². The van der Waals surface area contributed by atoms with Crippen LogP contribution >= 0.6 is 23.2 Å². The number of Topliss-reactive ketones (excluding diaryl/α,β-unsaturated/α-hetero) is 1. The van der Waals surface area contributed by atoms with E-state index >= 15 is 0 Å². The second kappa shape index (κ2) is 6.42. The van der Waals surface area contributed by atoms with Crippen LogP contribution in [0.4, 0.5) is 0 Å². The van der Waals surface area contributed by atoms with Crippen molar-refractivity contribution in [1.82, 2.24) is 0 Å². The Morgan fingerprint density at radius 1 is 0.960 bits per heavy atom. The molecule has 0 aliphatic heterocycles. The number of hydrogen-bond acceptors (Lipinski definition) is 2. The minimum atomic E-state index is -1.13. The van der Waals surface area contributed by atoms with Crippen molar-refractivity contribution < 1.29 is 9.90 Å². The van der Waals surface area contributed by atoms with E-state index in [4.69, 9.17) is 23.2 Å². The fourth-order valence-corrected chi connectivity index (χ4v) is 5.13. The minimum Gasteiger partial charge on any atom is -0.384 e. The van der Waals surface area contributed by atoms with Gasteiger partial charge in [-0.2, -0.15) is 0 Å². The summed E-state index contributed by atoms with van der Waals surface area (Å²) in [6.07, 6.45) is 3.87. The zero-order valence-corrected chi connectivity index (χ0v) is 15.3. The van der Waals surface area contributed by atoms with Gasteiger partial charge in [0.25, 0.3) is 0 Å². The van der Waals surface area contributed by atoms with Crippen LogP contribution in [0.5, 0.6) is 0 Å². The molecule has 4 atom stereocenters. The van der Waals surface area contributed by atoms with E-state index in [2.05, 4.69) is 0 Å². The number of carbonyl (C=O) groups is 1. The third-order valence-electron chi connectivity index (χ3n) is 5.99. The third-order valence-corrected chi connectivity index (χ3v) is 6.49. The zero-order chi connectivity index (χ0) is 17.6. The summed E-state index contributed by atoms with van der Waals surface area (Å²) in [6, 6.07) is 14.3. The van der Waals surface area contributed by atoms with Gasteiger partial charge in [-0.25, -0.2) is 0 Å². The number of rotatable bonds is 3. The topological polar surface area (TPSA) is 37.3 Å². The molecule has 2 unspecified atom stereocenters. The van der Waals surface area contributed by atoms with Gasteiger partial charge in [0.1, 0.15) is 5.60 Å². The Hall–Kier alpha value is -1.35. The molecule has 2 saturated carbocycles. The lowest BCUT2D eigenvalue weighted by Crippen LogP contribution is -2.38. The molecule has 2 aromatic carbocycles.